The number of carbonyl (C=O) groups is 2. The maximum absolute atomic E-state index is 12.8. The summed E-state index contributed by atoms with van der Waals surface area (Å²) in [5.74, 6) is 0.856. The minimum absolute atomic E-state index is 0.105. The van der Waals surface area contributed by atoms with Gasteiger partial charge in [0.1, 0.15) is 11.4 Å². The van der Waals surface area contributed by atoms with Crippen LogP contribution in [0.5, 0.6) is 5.75 Å². The first-order valence-electron chi connectivity index (χ1n) is 9.97. The van der Waals surface area contributed by atoms with Crippen molar-refractivity contribution >= 4 is 11.7 Å². The Bertz CT molecular complexity index is 914. The molecule has 1 aromatic carbocycles. The fourth-order valence-electron chi connectivity index (χ4n) is 4.50. The molecule has 0 radical (unpaired) electrons. The third-order valence-electron chi connectivity index (χ3n) is 5.98. The van der Waals surface area contributed by atoms with Crippen LogP contribution in [0.15, 0.2) is 30.3 Å². The molecular formula is C21H24N4O3. The van der Waals surface area contributed by atoms with Crippen molar-refractivity contribution in [1.29, 1.82) is 0 Å². The van der Waals surface area contributed by atoms with E-state index in [-0.39, 0.29) is 11.7 Å². The molecule has 1 fully saturated rings. The molecule has 4 heterocycles. The molecule has 1 amide bonds. The molecule has 146 valence electrons. The smallest absolute Gasteiger partial charge is 0.223 e. The van der Waals surface area contributed by atoms with Gasteiger partial charge in [0.15, 0.2) is 5.78 Å². The number of hydrogen-bond acceptors (Lipinski definition) is 5. The third kappa shape index (κ3) is 3.09. The van der Waals surface area contributed by atoms with Crippen LogP contribution >= 0.6 is 0 Å². The summed E-state index contributed by atoms with van der Waals surface area (Å²) in [6, 6.07) is 9.47. The Balaban J connectivity index is 1.22. The van der Waals surface area contributed by atoms with E-state index >= 15 is 0 Å². The number of aryl methyl sites for hydroxylation is 1. The predicted molar refractivity (Wildman–Crippen MR) is 102 cm³/mol. The van der Waals surface area contributed by atoms with Gasteiger partial charge in [-0.15, -0.1) is 0 Å². The van der Waals surface area contributed by atoms with Crippen molar-refractivity contribution in [3.8, 4) is 5.75 Å². The van der Waals surface area contributed by atoms with E-state index in [1.165, 1.54) is 5.69 Å². The zero-order chi connectivity index (χ0) is 19.1. The van der Waals surface area contributed by atoms with E-state index in [0.717, 1.165) is 25.3 Å². The van der Waals surface area contributed by atoms with Gasteiger partial charge in [0.05, 0.1) is 36.5 Å². The van der Waals surface area contributed by atoms with Crippen molar-refractivity contribution in [2.45, 2.75) is 44.4 Å². The standard InChI is InChI=1S/C21H24N4O3/c26-18-12-21(28-19-4-2-1-3-17(18)19)7-9-24(14-21)20(27)6-5-15-11-16-13-22-8-10-25(16)23-15/h1-4,11,22H,5-10,12-14H2/t21-/m0/s1. The van der Waals surface area contributed by atoms with Crippen molar-refractivity contribution in [3.05, 3.63) is 47.3 Å². The Morgan fingerprint density at radius 2 is 2.18 bits per heavy atom. The number of rotatable bonds is 3. The van der Waals surface area contributed by atoms with Crippen LogP contribution in [-0.2, 0) is 24.3 Å². The number of Topliss-reactive ketones (excluding diaryl/α,β-unsaturated/α-hetero) is 1. The van der Waals surface area contributed by atoms with E-state index in [0.29, 0.717) is 50.1 Å². The Hall–Kier alpha value is -2.67. The Kier molecular flexibility index (Phi) is 4.19. The molecule has 5 rings (SSSR count). The highest BCUT2D eigenvalue weighted by atomic mass is 16.5. The lowest BCUT2D eigenvalue weighted by atomic mass is 9.89. The molecule has 0 aliphatic carbocycles. The van der Waals surface area contributed by atoms with Crippen LogP contribution in [0.1, 0.15) is 41.0 Å². The average Bonchev–Trinajstić information content (AvgIpc) is 3.30. The van der Waals surface area contributed by atoms with E-state index in [1.807, 2.05) is 33.8 Å². The molecule has 7 heteroatoms. The van der Waals surface area contributed by atoms with Gasteiger partial charge in [-0.3, -0.25) is 14.3 Å². The van der Waals surface area contributed by atoms with Gasteiger partial charge in [0.25, 0.3) is 0 Å². The highest BCUT2D eigenvalue weighted by Crippen LogP contribution is 2.38. The number of ketones is 1. The van der Waals surface area contributed by atoms with Gasteiger partial charge < -0.3 is 15.0 Å². The minimum atomic E-state index is -0.569. The zero-order valence-electron chi connectivity index (χ0n) is 15.8. The van der Waals surface area contributed by atoms with Gasteiger partial charge in [-0.05, 0) is 18.2 Å². The summed E-state index contributed by atoms with van der Waals surface area (Å²) in [5, 5.41) is 7.93. The Morgan fingerprint density at radius 3 is 3.07 bits per heavy atom. The summed E-state index contributed by atoms with van der Waals surface area (Å²) >= 11 is 0. The summed E-state index contributed by atoms with van der Waals surface area (Å²) in [6.45, 7) is 3.77. The van der Waals surface area contributed by atoms with E-state index in [2.05, 4.69) is 16.5 Å². The van der Waals surface area contributed by atoms with Gasteiger partial charge in [-0.2, -0.15) is 5.10 Å². The van der Waals surface area contributed by atoms with Gasteiger partial charge in [0.2, 0.25) is 5.91 Å². The van der Waals surface area contributed by atoms with Gasteiger partial charge in [0, 0.05) is 38.9 Å². The second kappa shape index (κ2) is 6.74. The number of nitrogens with one attached hydrogen (secondary N) is 1. The zero-order valence-corrected chi connectivity index (χ0v) is 15.8. The number of ether oxygens (including phenoxy) is 1. The topological polar surface area (TPSA) is 76.5 Å². The molecule has 1 atom stereocenters. The fourth-order valence-corrected chi connectivity index (χ4v) is 4.50. The van der Waals surface area contributed by atoms with Crippen molar-refractivity contribution in [2.75, 3.05) is 19.6 Å². The first kappa shape index (κ1) is 17.4. The highest BCUT2D eigenvalue weighted by Gasteiger charge is 2.46. The minimum Gasteiger partial charge on any atom is -0.484 e. The third-order valence-corrected chi connectivity index (χ3v) is 5.98. The SMILES string of the molecule is O=C1C[C@]2(CCN(C(=O)CCc3cc4n(n3)CCNC4)C2)Oc2ccccc21. The number of hydrogen-bond donors (Lipinski definition) is 1. The second-order valence-electron chi connectivity index (χ2n) is 7.97. The van der Waals surface area contributed by atoms with Crippen molar-refractivity contribution in [1.82, 2.24) is 20.0 Å². The number of aromatic nitrogens is 2. The molecule has 3 aliphatic heterocycles. The first-order valence-corrected chi connectivity index (χ1v) is 9.97. The number of nitrogens with zero attached hydrogens (tertiary/aromatic N) is 3. The summed E-state index contributed by atoms with van der Waals surface area (Å²) in [7, 11) is 0. The largest absolute Gasteiger partial charge is 0.484 e. The summed E-state index contributed by atoms with van der Waals surface area (Å²) < 4.78 is 8.24. The van der Waals surface area contributed by atoms with Crippen LogP contribution in [0.25, 0.3) is 0 Å². The number of fused-ring (bicyclic) bond motifs is 2. The van der Waals surface area contributed by atoms with Crippen LogP contribution < -0.4 is 10.1 Å². The van der Waals surface area contributed by atoms with E-state index in [9.17, 15) is 9.59 Å². The molecule has 1 aromatic heterocycles. The van der Waals surface area contributed by atoms with Crippen LogP contribution in [0.3, 0.4) is 0 Å². The predicted octanol–water partition coefficient (Wildman–Crippen LogP) is 1.56. The molecule has 7 nitrogen and oxygen atoms in total. The molecule has 0 bridgehead atoms. The molecule has 28 heavy (non-hydrogen) atoms. The number of amides is 1. The highest BCUT2D eigenvalue weighted by molar-refractivity contribution is 6.00. The monoisotopic (exact) mass is 380 g/mol. The lowest BCUT2D eigenvalue weighted by Crippen LogP contribution is -2.45. The fraction of sp³-hybridized carbons (Fsp3) is 0.476. The normalized spacial score (nSPS) is 23.4. The van der Waals surface area contributed by atoms with Gasteiger partial charge in [-0.25, -0.2) is 0 Å². The van der Waals surface area contributed by atoms with E-state index in [4.69, 9.17) is 4.74 Å². The molecule has 3 aliphatic rings. The second-order valence-corrected chi connectivity index (χ2v) is 7.97. The summed E-state index contributed by atoms with van der Waals surface area (Å²) in [5.41, 5.74) is 2.23. The van der Waals surface area contributed by atoms with Gasteiger partial charge >= 0.3 is 0 Å². The quantitative estimate of drug-likeness (QED) is 0.875. The molecule has 0 saturated carbocycles. The number of benzene rings is 1. The lowest BCUT2D eigenvalue weighted by Gasteiger charge is -2.34. The van der Waals surface area contributed by atoms with E-state index in [1.54, 1.807) is 0 Å². The van der Waals surface area contributed by atoms with Crippen molar-refractivity contribution in [3.63, 3.8) is 0 Å². The maximum atomic E-state index is 12.8. The molecule has 1 spiro atoms. The molecule has 1 saturated heterocycles. The summed E-state index contributed by atoms with van der Waals surface area (Å²) in [6.07, 6.45) is 2.12. The first-order chi connectivity index (χ1) is 13.6. The van der Waals surface area contributed by atoms with Crippen LogP contribution in [0, 0.1) is 0 Å². The Morgan fingerprint density at radius 1 is 1.29 bits per heavy atom. The lowest BCUT2D eigenvalue weighted by molar-refractivity contribution is -0.131. The molecular weight excluding hydrogens is 356 g/mol. The van der Waals surface area contributed by atoms with Crippen molar-refractivity contribution in [2.24, 2.45) is 0 Å². The van der Waals surface area contributed by atoms with Crippen LogP contribution in [-0.4, -0.2) is 51.6 Å². The van der Waals surface area contributed by atoms with E-state index < -0.39 is 5.60 Å². The van der Waals surface area contributed by atoms with Crippen LogP contribution in [0.2, 0.25) is 0 Å². The molecule has 1 N–H and O–H groups in total. The maximum Gasteiger partial charge on any atom is 0.223 e. The summed E-state index contributed by atoms with van der Waals surface area (Å²) in [4.78, 5) is 27.1. The Labute approximate surface area is 163 Å². The number of para-hydroxylation sites is 1. The van der Waals surface area contributed by atoms with Gasteiger partial charge in [-0.1, -0.05) is 12.1 Å². The number of carbonyl (C=O) groups excluding carboxylic acids is 2. The van der Waals surface area contributed by atoms with Crippen molar-refractivity contribution < 1.29 is 14.3 Å². The molecule has 0 unspecified atom stereocenters. The average molecular weight is 380 g/mol. The number of likely N-dealkylation sites (tertiary alicyclic amines) is 1. The molecule has 2 aromatic rings. The van der Waals surface area contributed by atoms with Crippen LogP contribution in [0.4, 0.5) is 0 Å².